The molecule has 1 N–H and O–H groups in total. The zero-order valence-electron chi connectivity index (χ0n) is 17.0. The first-order valence-corrected chi connectivity index (χ1v) is 10.8. The monoisotopic (exact) mass is 396 g/mol. The van der Waals surface area contributed by atoms with E-state index >= 15 is 0 Å². The van der Waals surface area contributed by atoms with E-state index in [0.717, 1.165) is 44.3 Å². The lowest BCUT2D eigenvalue weighted by atomic mass is 9.64. The molecule has 1 aromatic rings. The van der Waals surface area contributed by atoms with Gasteiger partial charge in [-0.3, -0.25) is 14.6 Å². The smallest absolute Gasteiger partial charge is 0.526 e. The molecule has 1 atom stereocenters. The van der Waals surface area contributed by atoms with Crippen LogP contribution in [-0.2, 0) is 11.2 Å². The number of ketones is 2. The number of para-hydroxylation sites is 1. The van der Waals surface area contributed by atoms with Gasteiger partial charge >= 0.3 is 7.12 Å². The largest absolute Gasteiger partial charge is 0.535 e. The molecule has 29 heavy (non-hydrogen) atoms. The summed E-state index contributed by atoms with van der Waals surface area (Å²) in [4.78, 5) is 31.1. The van der Waals surface area contributed by atoms with Gasteiger partial charge in [0.2, 0.25) is 0 Å². The molecule has 0 saturated heterocycles. The van der Waals surface area contributed by atoms with Crippen LogP contribution in [0.3, 0.4) is 0 Å². The number of nitrogens with zero attached hydrogens (tertiary/aromatic N) is 2. The van der Waals surface area contributed by atoms with E-state index in [1.165, 1.54) is 6.92 Å². The Morgan fingerprint density at radius 1 is 1.24 bits per heavy atom. The molecule has 0 aromatic heterocycles. The van der Waals surface area contributed by atoms with Gasteiger partial charge in [0.1, 0.15) is 11.5 Å². The van der Waals surface area contributed by atoms with E-state index in [1.54, 1.807) is 6.07 Å². The Hall–Kier alpha value is -2.15. The molecule has 1 fully saturated rings. The van der Waals surface area contributed by atoms with Gasteiger partial charge < -0.3 is 14.6 Å². The van der Waals surface area contributed by atoms with E-state index in [4.69, 9.17) is 4.65 Å². The zero-order chi connectivity index (χ0) is 20.4. The number of hydrogen-bond donors (Lipinski definition) is 1. The maximum Gasteiger partial charge on any atom is 0.526 e. The predicted octanol–water partition coefficient (Wildman–Crippen LogP) is 2.93. The van der Waals surface area contributed by atoms with Gasteiger partial charge in [0.05, 0.1) is 18.4 Å². The maximum atomic E-state index is 12.7. The summed E-state index contributed by atoms with van der Waals surface area (Å²) in [6, 6.07) is 6.03. The first-order valence-electron chi connectivity index (χ1n) is 10.8. The molecule has 0 bridgehead atoms. The van der Waals surface area contributed by atoms with Crippen molar-refractivity contribution in [3.63, 3.8) is 0 Å². The fraction of sp³-hybridized carbons (Fsp3) is 0.591. The van der Waals surface area contributed by atoms with E-state index in [-0.39, 0.29) is 17.4 Å². The van der Waals surface area contributed by atoms with Crippen molar-refractivity contribution in [3.8, 4) is 5.75 Å². The van der Waals surface area contributed by atoms with E-state index in [1.807, 2.05) is 18.5 Å². The van der Waals surface area contributed by atoms with Crippen molar-refractivity contribution in [1.29, 1.82) is 0 Å². The molecule has 4 rings (SSSR count). The van der Waals surface area contributed by atoms with Crippen LogP contribution in [0.5, 0.6) is 5.75 Å². The highest BCUT2D eigenvalue weighted by Crippen LogP contribution is 2.37. The fourth-order valence-corrected chi connectivity index (χ4v) is 4.98. The summed E-state index contributed by atoms with van der Waals surface area (Å²) in [5.74, 6) is 0.778. The second kappa shape index (κ2) is 8.70. The lowest BCUT2D eigenvalue weighted by molar-refractivity contribution is -0.120. The molecule has 2 heterocycles. The molecule has 2 aliphatic heterocycles. The highest BCUT2D eigenvalue weighted by Gasteiger charge is 2.38. The van der Waals surface area contributed by atoms with Crippen molar-refractivity contribution >= 4 is 25.0 Å². The van der Waals surface area contributed by atoms with Crippen molar-refractivity contribution in [3.05, 3.63) is 29.3 Å². The Kier molecular flexibility index (Phi) is 6.04. The number of carbonyl (C=O) groups is 2. The van der Waals surface area contributed by atoms with Gasteiger partial charge in [-0.25, -0.2) is 0 Å². The van der Waals surface area contributed by atoms with Crippen LogP contribution in [0.15, 0.2) is 23.2 Å². The van der Waals surface area contributed by atoms with E-state index < -0.39 is 7.12 Å². The SMILES string of the molecule is CC(=O)c1cccc2c1OB(O)[C@@H](CC(=O)CC1CCC(N3C=NCC3)CC1)C2. The number of carbonyl (C=O) groups excluding carboxylic acids is 2. The van der Waals surface area contributed by atoms with Crippen LogP contribution >= 0.6 is 0 Å². The maximum absolute atomic E-state index is 12.7. The summed E-state index contributed by atoms with van der Waals surface area (Å²) < 4.78 is 5.66. The molecule has 6 nitrogen and oxygen atoms in total. The predicted molar refractivity (Wildman–Crippen MR) is 113 cm³/mol. The van der Waals surface area contributed by atoms with Gasteiger partial charge in [0, 0.05) is 31.2 Å². The number of rotatable bonds is 6. The summed E-state index contributed by atoms with van der Waals surface area (Å²) in [6.45, 7) is 3.42. The van der Waals surface area contributed by atoms with Crippen LogP contribution in [0.2, 0.25) is 5.82 Å². The molecule has 7 heteroatoms. The Morgan fingerprint density at radius 3 is 2.72 bits per heavy atom. The molecule has 0 amide bonds. The van der Waals surface area contributed by atoms with Crippen LogP contribution in [0.4, 0.5) is 0 Å². The Bertz CT molecular complexity index is 804. The van der Waals surface area contributed by atoms with Crippen LogP contribution in [0.25, 0.3) is 0 Å². The standard InChI is InChI=1S/C22H29BN2O4/c1-15(26)21-4-2-3-17-12-18(23(28)29-22(17)21)13-20(27)11-16-5-7-19(8-6-16)25-10-9-24-14-25/h2-4,14,16,18-19,28H,5-13H2,1H3/t16?,18-,19?/m1/s1. The van der Waals surface area contributed by atoms with Crippen LogP contribution in [0, 0.1) is 5.92 Å². The number of hydrogen-bond acceptors (Lipinski definition) is 6. The van der Waals surface area contributed by atoms with Crippen molar-refractivity contribution in [2.75, 3.05) is 13.1 Å². The van der Waals surface area contributed by atoms with Gasteiger partial charge in [-0.15, -0.1) is 0 Å². The average molecular weight is 396 g/mol. The van der Waals surface area contributed by atoms with Crippen molar-refractivity contribution in [2.24, 2.45) is 10.9 Å². The first kappa shape index (κ1) is 20.1. The number of Topliss-reactive ketones (excluding diaryl/α,β-unsaturated/α-hetero) is 2. The highest BCUT2D eigenvalue weighted by atomic mass is 16.5. The third kappa shape index (κ3) is 4.55. The summed E-state index contributed by atoms with van der Waals surface area (Å²) in [5, 5.41) is 10.4. The normalized spacial score (nSPS) is 26.2. The van der Waals surface area contributed by atoms with Gasteiger partial charge in [0.25, 0.3) is 0 Å². The topological polar surface area (TPSA) is 79.2 Å². The molecule has 0 unspecified atom stereocenters. The third-order valence-electron chi connectivity index (χ3n) is 6.61. The number of benzene rings is 1. The molecule has 154 valence electrons. The van der Waals surface area contributed by atoms with Crippen molar-refractivity contribution < 1.29 is 19.3 Å². The molecule has 1 aromatic carbocycles. The van der Waals surface area contributed by atoms with Gasteiger partial charge in [-0.05, 0) is 56.6 Å². The minimum atomic E-state index is -1.04. The van der Waals surface area contributed by atoms with Crippen LogP contribution < -0.4 is 4.65 Å². The Morgan fingerprint density at radius 2 is 2.03 bits per heavy atom. The lowest BCUT2D eigenvalue weighted by Gasteiger charge is -2.34. The first-order chi connectivity index (χ1) is 14.0. The molecule has 1 saturated carbocycles. The highest BCUT2D eigenvalue weighted by molar-refractivity contribution is 6.47. The molecule has 3 aliphatic rings. The van der Waals surface area contributed by atoms with Crippen LogP contribution in [0.1, 0.15) is 61.4 Å². The van der Waals surface area contributed by atoms with Crippen LogP contribution in [-0.4, -0.2) is 54.1 Å². The molecular weight excluding hydrogens is 367 g/mol. The van der Waals surface area contributed by atoms with Gasteiger partial charge in [-0.1, -0.05) is 12.1 Å². The summed E-state index contributed by atoms with van der Waals surface area (Å²) >= 11 is 0. The van der Waals surface area contributed by atoms with E-state index in [2.05, 4.69) is 9.89 Å². The molecular formula is C22H29BN2O4. The minimum absolute atomic E-state index is 0.0839. The third-order valence-corrected chi connectivity index (χ3v) is 6.61. The quantitative estimate of drug-likeness (QED) is 0.591. The minimum Gasteiger partial charge on any atom is -0.535 e. The Labute approximate surface area is 172 Å². The average Bonchev–Trinajstić information content (AvgIpc) is 3.23. The second-order valence-electron chi connectivity index (χ2n) is 8.70. The second-order valence-corrected chi connectivity index (χ2v) is 8.70. The summed E-state index contributed by atoms with van der Waals surface area (Å²) in [6.07, 6.45) is 7.86. The summed E-state index contributed by atoms with van der Waals surface area (Å²) in [7, 11) is -1.04. The fourth-order valence-electron chi connectivity index (χ4n) is 4.98. The van der Waals surface area contributed by atoms with Gasteiger partial charge in [0.15, 0.2) is 5.78 Å². The lowest BCUT2D eigenvalue weighted by Crippen LogP contribution is -2.37. The molecule has 0 radical (unpaired) electrons. The number of aliphatic imine (C=N–C) groups is 1. The van der Waals surface area contributed by atoms with Crippen molar-refractivity contribution in [1.82, 2.24) is 4.90 Å². The molecule has 0 spiro atoms. The van der Waals surface area contributed by atoms with Gasteiger partial charge in [-0.2, -0.15) is 0 Å². The van der Waals surface area contributed by atoms with E-state index in [9.17, 15) is 14.6 Å². The molecule has 1 aliphatic carbocycles. The summed E-state index contributed by atoms with van der Waals surface area (Å²) in [5.41, 5.74) is 1.39. The Balaban J connectivity index is 1.29. The number of fused-ring (bicyclic) bond motifs is 1. The van der Waals surface area contributed by atoms with Crippen molar-refractivity contribution in [2.45, 2.75) is 63.7 Å². The zero-order valence-corrected chi connectivity index (χ0v) is 17.0. The van der Waals surface area contributed by atoms with E-state index in [0.29, 0.717) is 42.5 Å².